The van der Waals surface area contributed by atoms with Gasteiger partial charge in [-0.25, -0.2) is 0 Å². The summed E-state index contributed by atoms with van der Waals surface area (Å²) in [4.78, 5) is 30.9. The monoisotopic (exact) mass is 395 g/mol. The van der Waals surface area contributed by atoms with Gasteiger partial charge in [0.2, 0.25) is 5.43 Å². The predicted octanol–water partition coefficient (Wildman–Crippen LogP) is 1.65. The molecule has 0 unspecified atom stereocenters. The molecule has 0 atom stereocenters. The van der Waals surface area contributed by atoms with Crippen LogP contribution in [0.2, 0.25) is 0 Å². The van der Waals surface area contributed by atoms with E-state index in [1.807, 2.05) is 68.0 Å². The number of nitrogens with zero attached hydrogens (tertiary/aromatic N) is 2. The van der Waals surface area contributed by atoms with Crippen LogP contribution in [0.5, 0.6) is 0 Å². The number of hydrogen-bond acceptors (Lipinski definition) is 4. The highest BCUT2D eigenvalue weighted by molar-refractivity contribution is 6.30. The van der Waals surface area contributed by atoms with Crippen LogP contribution in [0.4, 0.5) is 0 Å². The number of benzene rings is 2. The maximum absolute atomic E-state index is 13.2. The number of rotatable bonds is 6. The average Bonchev–Trinajstić information content (AvgIpc) is 2.76. The van der Waals surface area contributed by atoms with Crippen molar-refractivity contribution >= 4 is 30.1 Å². The number of ketones is 1. The lowest BCUT2D eigenvalue weighted by Gasteiger charge is -2.13. The van der Waals surface area contributed by atoms with Crippen molar-refractivity contribution in [3.05, 3.63) is 106 Å². The summed E-state index contributed by atoms with van der Waals surface area (Å²) in [7, 11) is 3.82. The topological polar surface area (TPSA) is 64.0 Å². The Bertz CT molecular complexity index is 1280. The minimum Gasteiger partial charge on any atom is -0.340 e. The van der Waals surface area contributed by atoms with Gasteiger partial charge in [-0.2, -0.15) is 0 Å². The molecule has 2 heterocycles. The molecule has 5 nitrogen and oxygen atoms in total. The van der Waals surface area contributed by atoms with E-state index in [2.05, 4.69) is 10.3 Å². The lowest BCUT2D eigenvalue weighted by Crippen LogP contribution is -2.21. The van der Waals surface area contributed by atoms with Gasteiger partial charge in [0.25, 0.3) is 0 Å². The van der Waals surface area contributed by atoms with E-state index in [-0.39, 0.29) is 16.8 Å². The molecule has 4 rings (SSSR count). The molecule has 148 valence electrons. The van der Waals surface area contributed by atoms with Crippen molar-refractivity contribution in [1.82, 2.24) is 14.9 Å². The third kappa shape index (κ3) is 3.95. The number of fused-ring (bicyclic) bond motifs is 1. The first-order valence-electron chi connectivity index (χ1n) is 9.90. The summed E-state index contributed by atoms with van der Waals surface area (Å²) >= 11 is 0. The molecular weight excluding hydrogens is 373 g/mol. The molecule has 0 saturated carbocycles. The molecule has 0 radical (unpaired) electrons. The first-order chi connectivity index (χ1) is 14.6. The van der Waals surface area contributed by atoms with Gasteiger partial charge in [-0.1, -0.05) is 48.5 Å². The molecular formula is C24H22BN3O2. The van der Waals surface area contributed by atoms with E-state index in [4.69, 9.17) is 0 Å². The van der Waals surface area contributed by atoms with Crippen molar-refractivity contribution in [3.63, 3.8) is 0 Å². The smallest absolute Gasteiger partial charge is 0.200 e. The quantitative estimate of drug-likeness (QED) is 0.399. The second-order valence-electron chi connectivity index (χ2n) is 7.34. The molecule has 0 aliphatic carbocycles. The van der Waals surface area contributed by atoms with E-state index in [9.17, 15) is 9.59 Å². The zero-order chi connectivity index (χ0) is 21.1. The Hall–Kier alpha value is -3.51. The van der Waals surface area contributed by atoms with Crippen LogP contribution >= 0.6 is 0 Å². The molecule has 0 saturated heterocycles. The van der Waals surface area contributed by atoms with Crippen LogP contribution in [0.3, 0.4) is 0 Å². The summed E-state index contributed by atoms with van der Waals surface area (Å²) in [5, 5.41) is 3.61. The largest absolute Gasteiger partial charge is 0.340 e. The molecule has 0 bridgehead atoms. The third-order valence-corrected chi connectivity index (χ3v) is 5.11. The Morgan fingerprint density at radius 1 is 1.03 bits per heavy atom. The molecule has 0 aliphatic heterocycles. The first kappa shape index (κ1) is 19.8. The van der Waals surface area contributed by atoms with Crippen LogP contribution < -0.4 is 16.3 Å². The van der Waals surface area contributed by atoms with Crippen LogP contribution in [0.25, 0.3) is 10.9 Å². The molecule has 0 amide bonds. The van der Waals surface area contributed by atoms with Gasteiger partial charge >= 0.3 is 0 Å². The van der Waals surface area contributed by atoms with Crippen LogP contribution in [-0.4, -0.2) is 30.2 Å². The minimum atomic E-state index is -0.271. The molecule has 0 aliphatic rings. The Labute approximate surface area is 175 Å². The van der Waals surface area contributed by atoms with E-state index in [0.717, 1.165) is 28.9 Å². The molecule has 1 N–H and O–H groups in total. The maximum atomic E-state index is 13.2. The van der Waals surface area contributed by atoms with Gasteiger partial charge in [0, 0.05) is 23.7 Å². The van der Waals surface area contributed by atoms with Crippen LogP contribution in [0.15, 0.2) is 77.7 Å². The fourth-order valence-electron chi connectivity index (χ4n) is 3.63. The van der Waals surface area contributed by atoms with E-state index >= 15 is 0 Å². The van der Waals surface area contributed by atoms with Crippen LogP contribution in [0, 0.1) is 0 Å². The Morgan fingerprint density at radius 2 is 1.80 bits per heavy atom. The van der Waals surface area contributed by atoms with Crippen molar-refractivity contribution in [2.75, 3.05) is 7.05 Å². The first-order valence-corrected chi connectivity index (χ1v) is 9.90. The average molecular weight is 395 g/mol. The van der Waals surface area contributed by atoms with Crippen LogP contribution in [0.1, 0.15) is 27.2 Å². The summed E-state index contributed by atoms with van der Waals surface area (Å²) in [5.74, 6) is -0.271. The van der Waals surface area contributed by atoms with Gasteiger partial charge < -0.3 is 9.88 Å². The van der Waals surface area contributed by atoms with Crippen LogP contribution in [-0.2, 0) is 13.1 Å². The fraction of sp³-hybridized carbons (Fsp3) is 0.125. The van der Waals surface area contributed by atoms with Gasteiger partial charge in [0.15, 0.2) is 13.6 Å². The van der Waals surface area contributed by atoms with E-state index < -0.39 is 0 Å². The van der Waals surface area contributed by atoms with Crippen molar-refractivity contribution in [2.45, 2.75) is 13.1 Å². The molecule has 0 fully saturated rings. The summed E-state index contributed by atoms with van der Waals surface area (Å²) in [5.41, 5.74) is 4.09. The SMILES string of the molecule is Bc1cccc(Cn2cc(C(=O)c3ccc(CNC)cc3)c(=O)c3ccccc32)n1. The number of aromatic nitrogens is 2. The molecule has 6 heteroatoms. The van der Waals surface area contributed by atoms with Crippen molar-refractivity contribution in [3.8, 4) is 0 Å². The van der Waals surface area contributed by atoms with Gasteiger partial charge in [-0.05, 0) is 36.4 Å². The van der Waals surface area contributed by atoms with Gasteiger partial charge in [-0.3, -0.25) is 14.6 Å². The number of carbonyl (C=O) groups is 1. The van der Waals surface area contributed by atoms with E-state index in [1.165, 1.54) is 0 Å². The highest BCUT2D eigenvalue weighted by Gasteiger charge is 2.17. The molecule has 4 aromatic rings. The number of para-hydroxylation sites is 1. The Morgan fingerprint density at radius 3 is 2.53 bits per heavy atom. The zero-order valence-electron chi connectivity index (χ0n) is 17.1. The predicted molar refractivity (Wildman–Crippen MR) is 122 cm³/mol. The molecule has 2 aromatic carbocycles. The second-order valence-corrected chi connectivity index (χ2v) is 7.34. The number of nitrogens with one attached hydrogen (secondary N) is 1. The fourth-order valence-corrected chi connectivity index (χ4v) is 3.63. The normalized spacial score (nSPS) is 11.0. The highest BCUT2D eigenvalue weighted by Crippen LogP contribution is 2.16. The standard InChI is InChI=1S/C24H22BN3O2/c1-26-13-16-9-11-17(12-10-16)23(29)20-15-28(14-18-5-4-8-22(25)27-18)21-7-3-2-6-19(21)24(20)30/h2-12,15,26H,13-14,25H2,1H3. The minimum absolute atomic E-state index is 0.169. The molecule has 0 spiro atoms. The van der Waals surface area contributed by atoms with Crippen molar-refractivity contribution in [1.29, 1.82) is 0 Å². The summed E-state index contributed by atoms with van der Waals surface area (Å²) in [6.07, 6.45) is 1.67. The third-order valence-electron chi connectivity index (χ3n) is 5.11. The lowest BCUT2D eigenvalue weighted by molar-refractivity contribution is 0.103. The summed E-state index contributed by atoms with van der Waals surface area (Å²) in [6, 6.07) is 20.6. The van der Waals surface area contributed by atoms with Crippen molar-refractivity contribution in [2.24, 2.45) is 0 Å². The Kier molecular flexibility index (Phi) is 5.59. The van der Waals surface area contributed by atoms with Crippen molar-refractivity contribution < 1.29 is 4.79 Å². The maximum Gasteiger partial charge on any atom is 0.200 e. The number of pyridine rings is 2. The molecule has 30 heavy (non-hydrogen) atoms. The van der Waals surface area contributed by atoms with E-state index in [0.29, 0.717) is 17.5 Å². The summed E-state index contributed by atoms with van der Waals surface area (Å²) in [6.45, 7) is 1.20. The molecule has 2 aromatic heterocycles. The van der Waals surface area contributed by atoms with Gasteiger partial charge in [0.1, 0.15) is 0 Å². The zero-order valence-corrected chi connectivity index (χ0v) is 17.1. The number of carbonyl (C=O) groups excluding carboxylic acids is 1. The second kappa shape index (κ2) is 8.47. The highest BCUT2D eigenvalue weighted by atomic mass is 16.1. The summed E-state index contributed by atoms with van der Waals surface area (Å²) < 4.78 is 1.93. The van der Waals surface area contributed by atoms with Gasteiger partial charge in [-0.15, -0.1) is 0 Å². The number of hydrogen-bond donors (Lipinski definition) is 1. The lowest BCUT2D eigenvalue weighted by atomic mass is 10.0. The van der Waals surface area contributed by atoms with Gasteiger partial charge in [0.05, 0.1) is 23.3 Å². The Balaban J connectivity index is 1.80. The van der Waals surface area contributed by atoms with E-state index in [1.54, 1.807) is 24.4 Å².